The lowest BCUT2D eigenvalue weighted by molar-refractivity contribution is 0.0691. The SMILES string of the molecule is Cc1ccc(-c2nc(C(=O)N3CCc4sccc4C3c3ccccc3)cs2)o1. The highest BCUT2D eigenvalue weighted by Crippen LogP contribution is 2.38. The van der Waals surface area contributed by atoms with Crippen LogP contribution in [0.1, 0.15) is 38.3 Å². The standard InChI is InChI=1S/C22H18N2O2S2/c1-14-7-8-18(26-14)21-23-17(13-28-21)22(25)24-11-9-19-16(10-12-27-19)20(24)15-5-3-2-4-6-15/h2-8,10,12-13,20H,9,11H2,1H3. The molecule has 0 saturated heterocycles. The van der Waals surface area contributed by atoms with Crippen molar-refractivity contribution < 1.29 is 9.21 Å². The Morgan fingerprint density at radius 3 is 2.79 bits per heavy atom. The number of fused-ring (bicyclic) bond motifs is 1. The fourth-order valence-electron chi connectivity index (χ4n) is 3.71. The topological polar surface area (TPSA) is 46.3 Å². The van der Waals surface area contributed by atoms with Crippen molar-refractivity contribution in [1.29, 1.82) is 0 Å². The molecule has 1 amide bonds. The molecule has 28 heavy (non-hydrogen) atoms. The predicted octanol–water partition coefficient (Wildman–Crippen LogP) is 5.56. The van der Waals surface area contributed by atoms with Gasteiger partial charge in [-0.15, -0.1) is 22.7 Å². The molecule has 0 bridgehead atoms. The van der Waals surface area contributed by atoms with Crippen molar-refractivity contribution in [2.75, 3.05) is 6.54 Å². The zero-order valence-corrected chi connectivity index (χ0v) is 16.9. The number of carbonyl (C=O) groups excluding carboxylic acids is 1. The molecule has 6 heteroatoms. The molecule has 1 unspecified atom stereocenters. The van der Waals surface area contributed by atoms with Crippen LogP contribution in [0.2, 0.25) is 0 Å². The number of aryl methyl sites for hydroxylation is 1. The average molecular weight is 407 g/mol. The lowest BCUT2D eigenvalue weighted by Crippen LogP contribution is -2.40. The second-order valence-corrected chi connectivity index (χ2v) is 8.67. The number of hydrogen-bond donors (Lipinski definition) is 0. The number of thiazole rings is 1. The Bertz CT molecular complexity index is 1130. The summed E-state index contributed by atoms with van der Waals surface area (Å²) in [6.45, 7) is 2.60. The molecule has 4 heterocycles. The second kappa shape index (κ2) is 7.04. The van der Waals surface area contributed by atoms with Gasteiger partial charge in [0.1, 0.15) is 11.5 Å². The number of furan rings is 1. The van der Waals surface area contributed by atoms with Gasteiger partial charge in [0.05, 0.1) is 6.04 Å². The van der Waals surface area contributed by atoms with Crippen LogP contribution in [0.25, 0.3) is 10.8 Å². The molecule has 4 aromatic rings. The van der Waals surface area contributed by atoms with Crippen LogP contribution in [-0.4, -0.2) is 22.3 Å². The number of hydrogen-bond acceptors (Lipinski definition) is 5. The van der Waals surface area contributed by atoms with Crippen LogP contribution in [0.15, 0.2) is 63.7 Å². The van der Waals surface area contributed by atoms with Gasteiger partial charge in [0, 0.05) is 16.8 Å². The summed E-state index contributed by atoms with van der Waals surface area (Å²) in [5.41, 5.74) is 2.84. The summed E-state index contributed by atoms with van der Waals surface area (Å²) in [5, 5.41) is 4.69. The van der Waals surface area contributed by atoms with Crippen molar-refractivity contribution in [2.24, 2.45) is 0 Å². The van der Waals surface area contributed by atoms with E-state index in [-0.39, 0.29) is 11.9 Å². The Labute approximate surface area is 171 Å². The Kier molecular flexibility index (Phi) is 4.37. The van der Waals surface area contributed by atoms with Gasteiger partial charge in [0.2, 0.25) is 0 Å². The zero-order valence-electron chi connectivity index (χ0n) is 15.3. The summed E-state index contributed by atoms with van der Waals surface area (Å²) in [6, 6.07) is 16.1. The van der Waals surface area contributed by atoms with Gasteiger partial charge in [0.15, 0.2) is 10.8 Å². The van der Waals surface area contributed by atoms with E-state index in [0.29, 0.717) is 18.0 Å². The number of nitrogens with zero attached hydrogens (tertiary/aromatic N) is 2. The molecule has 0 fully saturated rings. The highest BCUT2D eigenvalue weighted by atomic mass is 32.1. The van der Waals surface area contributed by atoms with E-state index in [1.165, 1.54) is 21.8 Å². The summed E-state index contributed by atoms with van der Waals surface area (Å²) >= 11 is 3.22. The van der Waals surface area contributed by atoms with Crippen molar-refractivity contribution >= 4 is 28.6 Å². The van der Waals surface area contributed by atoms with Crippen molar-refractivity contribution in [3.63, 3.8) is 0 Å². The number of rotatable bonds is 3. The van der Waals surface area contributed by atoms with Gasteiger partial charge in [-0.05, 0) is 48.1 Å². The van der Waals surface area contributed by atoms with Gasteiger partial charge in [-0.25, -0.2) is 4.98 Å². The van der Waals surface area contributed by atoms with E-state index < -0.39 is 0 Å². The summed E-state index contributed by atoms with van der Waals surface area (Å²) in [4.78, 5) is 21.3. The quantitative estimate of drug-likeness (QED) is 0.447. The Balaban J connectivity index is 1.51. The number of thiophene rings is 1. The van der Waals surface area contributed by atoms with Crippen molar-refractivity contribution in [1.82, 2.24) is 9.88 Å². The van der Waals surface area contributed by atoms with Crippen molar-refractivity contribution in [3.05, 3.63) is 86.7 Å². The fraction of sp³-hybridized carbons (Fsp3) is 0.182. The first-order chi connectivity index (χ1) is 13.7. The van der Waals surface area contributed by atoms with Crippen LogP contribution in [0.4, 0.5) is 0 Å². The molecular weight excluding hydrogens is 388 g/mol. The molecule has 0 radical (unpaired) electrons. The summed E-state index contributed by atoms with van der Waals surface area (Å²) in [7, 11) is 0. The number of aromatic nitrogens is 1. The van der Waals surface area contributed by atoms with Crippen LogP contribution in [-0.2, 0) is 6.42 Å². The van der Waals surface area contributed by atoms with Gasteiger partial charge < -0.3 is 9.32 Å². The van der Waals surface area contributed by atoms with Crippen LogP contribution >= 0.6 is 22.7 Å². The second-order valence-electron chi connectivity index (χ2n) is 6.81. The average Bonchev–Trinajstić information content (AvgIpc) is 3.47. The molecular formula is C22H18N2O2S2. The van der Waals surface area contributed by atoms with Gasteiger partial charge in [0.25, 0.3) is 5.91 Å². The third-order valence-corrected chi connectivity index (χ3v) is 6.87. The summed E-state index contributed by atoms with van der Waals surface area (Å²) in [5.74, 6) is 1.51. The minimum absolute atomic E-state index is 0.0310. The highest BCUT2D eigenvalue weighted by Gasteiger charge is 2.34. The fourth-order valence-corrected chi connectivity index (χ4v) is 5.37. The maximum absolute atomic E-state index is 13.4. The van der Waals surface area contributed by atoms with Crippen molar-refractivity contribution in [2.45, 2.75) is 19.4 Å². The molecule has 1 atom stereocenters. The first-order valence-corrected chi connectivity index (χ1v) is 10.9. The van der Waals surface area contributed by atoms with E-state index in [1.807, 2.05) is 47.5 Å². The molecule has 0 aliphatic carbocycles. The van der Waals surface area contributed by atoms with E-state index in [9.17, 15) is 4.79 Å². The van der Waals surface area contributed by atoms with E-state index in [4.69, 9.17) is 4.42 Å². The molecule has 0 spiro atoms. The molecule has 3 aromatic heterocycles. The van der Waals surface area contributed by atoms with Gasteiger partial charge in [-0.1, -0.05) is 30.3 Å². The zero-order chi connectivity index (χ0) is 19.1. The Morgan fingerprint density at radius 2 is 2.00 bits per heavy atom. The van der Waals surface area contributed by atoms with Gasteiger partial charge in [-0.3, -0.25) is 4.79 Å². The maximum atomic E-state index is 13.4. The van der Waals surface area contributed by atoms with E-state index in [1.54, 1.807) is 11.3 Å². The monoisotopic (exact) mass is 406 g/mol. The van der Waals surface area contributed by atoms with Gasteiger partial charge >= 0.3 is 0 Å². The first kappa shape index (κ1) is 17.4. The largest absolute Gasteiger partial charge is 0.459 e. The van der Waals surface area contributed by atoms with E-state index in [2.05, 4.69) is 28.6 Å². The minimum Gasteiger partial charge on any atom is -0.459 e. The lowest BCUT2D eigenvalue weighted by Gasteiger charge is -2.36. The van der Waals surface area contributed by atoms with Crippen LogP contribution < -0.4 is 0 Å². The van der Waals surface area contributed by atoms with Crippen LogP contribution in [0, 0.1) is 6.92 Å². The maximum Gasteiger partial charge on any atom is 0.274 e. The summed E-state index contributed by atoms with van der Waals surface area (Å²) < 4.78 is 5.66. The number of benzene rings is 1. The summed E-state index contributed by atoms with van der Waals surface area (Å²) in [6.07, 6.45) is 0.885. The molecule has 140 valence electrons. The predicted molar refractivity (Wildman–Crippen MR) is 112 cm³/mol. The number of amides is 1. The molecule has 0 saturated carbocycles. The highest BCUT2D eigenvalue weighted by molar-refractivity contribution is 7.13. The Morgan fingerprint density at radius 1 is 1.14 bits per heavy atom. The van der Waals surface area contributed by atoms with Crippen LogP contribution in [0.5, 0.6) is 0 Å². The van der Waals surface area contributed by atoms with E-state index >= 15 is 0 Å². The minimum atomic E-state index is -0.0697. The molecule has 1 aliphatic rings. The molecule has 4 nitrogen and oxygen atoms in total. The lowest BCUT2D eigenvalue weighted by atomic mass is 9.93. The Hall–Kier alpha value is -2.70. The molecule has 1 aromatic carbocycles. The number of carbonyl (C=O) groups is 1. The van der Waals surface area contributed by atoms with Crippen molar-refractivity contribution in [3.8, 4) is 10.8 Å². The first-order valence-electron chi connectivity index (χ1n) is 9.15. The van der Waals surface area contributed by atoms with Crippen LogP contribution in [0.3, 0.4) is 0 Å². The molecule has 0 N–H and O–H groups in total. The smallest absolute Gasteiger partial charge is 0.274 e. The van der Waals surface area contributed by atoms with E-state index in [0.717, 1.165) is 22.8 Å². The third-order valence-electron chi connectivity index (χ3n) is 5.02. The third kappa shape index (κ3) is 2.99. The molecule has 5 rings (SSSR count). The molecule has 1 aliphatic heterocycles. The normalized spacial score (nSPS) is 16.2. The van der Waals surface area contributed by atoms with Gasteiger partial charge in [-0.2, -0.15) is 0 Å².